The van der Waals surface area contributed by atoms with Gasteiger partial charge in [-0.05, 0) is 75.8 Å². The predicted octanol–water partition coefficient (Wildman–Crippen LogP) is 5.22. The molecule has 3 aliphatic heterocycles. The van der Waals surface area contributed by atoms with E-state index < -0.39 is 14.0 Å². The molecule has 0 radical (unpaired) electrons. The Bertz CT molecular complexity index is 1380. The van der Waals surface area contributed by atoms with E-state index in [4.69, 9.17) is 11.6 Å². The summed E-state index contributed by atoms with van der Waals surface area (Å²) >= 11 is 6.28. The molecule has 36 heavy (non-hydrogen) atoms. The number of benzene rings is 2. The summed E-state index contributed by atoms with van der Waals surface area (Å²) in [6, 6.07) is 15.5. The number of fused-ring (bicyclic) bond motifs is 2. The maximum absolute atomic E-state index is 12.3. The molecular formula is C30H32ClN2O2Si+. The molecule has 0 aromatic heterocycles. The average molecular weight is 516 g/mol. The number of carbonyl (C=O) groups is 1. The number of rotatable bonds is 6. The summed E-state index contributed by atoms with van der Waals surface area (Å²) in [7, 11) is -2.16. The van der Waals surface area contributed by atoms with Crippen molar-refractivity contribution in [3.63, 3.8) is 0 Å². The van der Waals surface area contributed by atoms with Crippen molar-refractivity contribution in [3.05, 3.63) is 88.2 Å². The van der Waals surface area contributed by atoms with Crippen LogP contribution in [0.5, 0.6) is 0 Å². The fraction of sp³-hybridized carbons (Fsp3) is 0.333. The van der Waals surface area contributed by atoms with Crippen molar-refractivity contribution in [2.45, 2.75) is 31.9 Å². The second-order valence-corrected chi connectivity index (χ2v) is 15.1. The average Bonchev–Trinajstić information content (AvgIpc) is 2.82. The maximum atomic E-state index is 12.3. The molecule has 3 heterocycles. The Morgan fingerprint density at radius 2 is 1.89 bits per heavy atom. The van der Waals surface area contributed by atoms with Crippen LogP contribution in [0.2, 0.25) is 12.6 Å². The van der Waals surface area contributed by atoms with Crippen molar-refractivity contribution in [3.8, 4) is 0 Å². The third-order valence-electron chi connectivity index (χ3n) is 8.41. The summed E-state index contributed by atoms with van der Waals surface area (Å²) in [4.78, 5) is 14.8. The predicted molar refractivity (Wildman–Crippen MR) is 151 cm³/mol. The molecular weight excluding hydrogens is 484 g/mol. The maximum Gasteiger partial charge on any atom is 0.336 e. The minimum atomic E-state index is -2.16. The van der Waals surface area contributed by atoms with Crippen LogP contribution in [0.1, 0.15) is 40.7 Å². The summed E-state index contributed by atoms with van der Waals surface area (Å²) in [5.41, 5.74) is 7.18. The summed E-state index contributed by atoms with van der Waals surface area (Å²) in [5.74, 6) is -0.230. The highest BCUT2D eigenvalue weighted by Gasteiger charge is 2.44. The van der Waals surface area contributed by atoms with Gasteiger partial charge in [-0.3, -0.25) is 0 Å². The van der Waals surface area contributed by atoms with Crippen LogP contribution in [0.15, 0.2) is 71.5 Å². The Labute approximate surface area is 218 Å². The largest absolute Gasteiger partial charge is 0.478 e. The van der Waals surface area contributed by atoms with Crippen molar-refractivity contribution in [1.82, 2.24) is 0 Å². The Morgan fingerprint density at radius 3 is 2.56 bits per heavy atom. The van der Waals surface area contributed by atoms with Gasteiger partial charge in [-0.25, -0.2) is 9.37 Å². The lowest BCUT2D eigenvalue weighted by atomic mass is 9.87. The number of nitrogens with zero attached hydrogens (tertiary/aromatic N) is 2. The van der Waals surface area contributed by atoms with Gasteiger partial charge in [0.1, 0.15) is 21.2 Å². The molecule has 0 spiro atoms. The SMILES string of the molecule is C[Si@]1(CCCCl)C2=CC(=[N+]3CCC3)C=CC2=C(c2ccccc2C(=O)O)c2ccc(N3CCC3)cc21. The number of carboxylic acid groups (broad SMARTS) is 1. The zero-order valence-electron chi connectivity index (χ0n) is 20.8. The minimum Gasteiger partial charge on any atom is -0.478 e. The molecule has 2 saturated heterocycles. The number of halogens is 1. The van der Waals surface area contributed by atoms with Gasteiger partial charge >= 0.3 is 5.97 Å². The third kappa shape index (κ3) is 3.72. The molecule has 6 rings (SSSR count). The van der Waals surface area contributed by atoms with Gasteiger partial charge in [0, 0.05) is 36.8 Å². The lowest BCUT2D eigenvalue weighted by molar-refractivity contribution is -0.582. The topological polar surface area (TPSA) is 43.6 Å². The van der Waals surface area contributed by atoms with Gasteiger partial charge in [-0.1, -0.05) is 30.8 Å². The molecule has 0 bridgehead atoms. The van der Waals surface area contributed by atoms with E-state index in [1.807, 2.05) is 18.2 Å². The van der Waals surface area contributed by atoms with Gasteiger partial charge in [-0.15, -0.1) is 11.6 Å². The van der Waals surface area contributed by atoms with E-state index >= 15 is 0 Å². The van der Waals surface area contributed by atoms with Crippen molar-refractivity contribution >= 4 is 47.8 Å². The Kier molecular flexibility index (Phi) is 6.01. The fourth-order valence-corrected chi connectivity index (χ4v) is 10.7. The van der Waals surface area contributed by atoms with Crippen molar-refractivity contribution in [1.29, 1.82) is 0 Å². The number of carboxylic acids is 1. The normalized spacial score (nSPS) is 22.5. The smallest absolute Gasteiger partial charge is 0.336 e. The van der Waals surface area contributed by atoms with Crippen LogP contribution in [0.3, 0.4) is 0 Å². The third-order valence-corrected chi connectivity index (χ3v) is 13.2. The van der Waals surface area contributed by atoms with E-state index in [9.17, 15) is 9.90 Å². The molecule has 0 saturated carbocycles. The van der Waals surface area contributed by atoms with Crippen LogP contribution < -0.4 is 10.1 Å². The van der Waals surface area contributed by atoms with E-state index in [1.165, 1.54) is 45.8 Å². The number of alkyl halides is 1. The molecule has 184 valence electrons. The highest BCUT2D eigenvalue weighted by molar-refractivity contribution is 6.99. The molecule has 1 N–H and O–H groups in total. The van der Waals surface area contributed by atoms with Crippen LogP contribution in [-0.2, 0) is 0 Å². The first-order valence-corrected chi connectivity index (χ1v) is 16.3. The number of hydrogen-bond donors (Lipinski definition) is 1. The van der Waals surface area contributed by atoms with Gasteiger partial charge in [0.15, 0.2) is 5.71 Å². The second-order valence-electron chi connectivity index (χ2n) is 10.5. The van der Waals surface area contributed by atoms with E-state index in [1.54, 1.807) is 6.07 Å². The standard InChI is InChI=1S/C30H31ClN2O2Si/c1-36(18-4-13-31)27-19-21(32-14-5-15-32)9-11-25(27)29(23-7-2-3-8-24(23)30(34)35)26-12-10-22(20-28(26)36)33-16-6-17-33/h2-3,7-12,19-20H,4-6,13-18H2,1H3/p+1. The molecule has 2 fully saturated rings. The van der Waals surface area contributed by atoms with E-state index in [2.05, 4.69) is 52.4 Å². The van der Waals surface area contributed by atoms with Crippen molar-refractivity contribution in [2.24, 2.45) is 0 Å². The van der Waals surface area contributed by atoms with Gasteiger partial charge in [0.05, 0.1) is 12.0 Å². The molecule has 4 nitrogen and oxygen atoms in total. The number of hydrogen-bond acceptors (Lipinski definition) is 2. The number of anilines is 1. The van der Waals surface area contributed by atoms with Crippen LogP contribution in [0.4, 0.5) is 5.69 Å². The second kappa shape index (κ2) is 9.20. The van der Waals surface area contributed by atoms with Crippen molar-refractivity contribution in [2.75, 3.05) is 37.0 Å². The van der Waals surface area contributed by atoms with Gasteiger partial charge in [0.2, 0.25) is 0 Å². The molecule has 1 atom stereocenters. The first kappa shape index (κ1) is 23.5. The van der Waals surface area contributed by atoms with Gasteiger partial charge in [0.25, 0.3) is 0 Å². The highest BCUT2D eigenvalue weighted by atomic mass is 35.5. The molecule has 2 aromatic rings. The Hall–Kier alpha value is -2.89. The van der Waals surface area contributed by atoms with E-state index in [0.29, 0.717) is 11.4 Å². The summed E-state index contributed by atoms with van der Waals surface area (Å²) < 4.78 is 2.45. The fourth-order valence-electron chi connectivity index (χ4n) is 6.11. The molecule has 6 heteroatoms. The van der Waals surface area contributed by atoms with Crippen molar-refractivity contribution < 1.29 is 14.5 Å². The first-order valence-electron chi connectivity index (χ1n) is 13.1. The Morgan fingerprint density at radius 1 is 1.08 bits per heavy atom. The minimum absolute atomic E-state index is 0.356. The van der Waals surface area contributed by atoms with E-state index in [-0.39, 0.29) is 0 Å². The van der Waals surface area contributed by atoms with Crippen LogP contribution in [0, 0.1) is 0 Å². The van der Waals surface area contributed by atoms with Crippen LogP contribution in [0.25, 0.3) is 5.57 Å². The first-order chi connectivity index (χ1) is 17.5. The molecule has 0 unspecified atom stereocenters. The van der Waals surface area contributed by atoms with E-state index in [0.717, 1.165) is 49.8 Å². The van der Waals surface area contributed by atoms with Gasteiger partial charge in [-0.2, -0.15) is 0 Å². The monoisotopic (exact) mass is 515 g/mol. The van der Waals surface area contributed by atoms with Crippen LogP contribution >= 0.6 is 11.6 Å². The zero-order valence-corrected chi connectivity index (χ0v) is 22.5. The molecule has 1 aliphatic carbocycles. The molecule has 2 aromatic carbocycles. The lowest BCUT2D eigenvalue weighted by Crippen LogP contribution is -2.53. The summed E-state index contributed by atoms with van der Waals surface area (Å²) in [6.45, 7) is 6.91. The van der Waals surface area contributed by atoms with Crippen LogP contribution in [-0.4, -0.2) is 61.5 Å². The molecule has 0 amide bonds. The summed E-state index contributed by atoms with van der Waals surface area (Å²) in [5, 5.41) is 12.9. The quantitative estimate of drug-likeness (QED) is 0.326. The zero-order chi connectivity index (χ0) is 24.9. The van der Waals surface area contributed by atoms with Gasteiger partial charge < -0.3 is 10.0 Å². The Balaban J connectivity index is 1.65. The number of allylic oxidation sites excluding steroid dienone is 5. The molecule has 4 aliphatic rings. The summed E-state index contributed by atoms with van der Waals surface area (Å²) in [6.07, 6.45) is 10.4. The number of aromatic carboxylic acids is 1. The lowest BCUT2D eigenvalue weighted by Gasteiger charge is -2.42. The highest BCUT2D eigenvalue weighted by Crippen LogP contribution is 2.44.